The van der Waals surface area contributed by atoms with Crippen LogP contribution in [-0.4, -0.2) is 62.2 Å². The smallest absolute Gasteiger partial charge is 0.0109 e. The maximum Gasteiger partial charge on any atom is 0.0109 e. The van der Waals surface area contributed by atoms with E-state index in [9.17, 15) is 0 Å². The van der Waals surface area contributed by atoms with Gasteiger partial charge in [0.1, 0.15) is 0 Å². The molecule has 0 spiro atoms. The van der Waals surface area contributed by atoms with E-state index in [0.29, 0.717) is 5.41 Å². The molecule has 1 N–H and O–H groups in total. The molecule has 0 amide bonds. The van der Waals surface area contributed by atoms with Crippen LogP contribution in [0.1, 0.15) is 51.4 Å². The number of nitrogens with zero attached hydrogens (tertiary/aromatic N) is 2. The highest BCUT2D eigenvalue weighted by atomic mass is 15.2. The maximum absolute atomic E-state index is 3.80. The SMILES string of the molecule is CN(CCN1CCCC1)CC1(CNC2CC2)CCCC1. The zero-order chi connectivity index (χ0) is 13.8. The molecule has 0 aromatic heterocycles. The Balaban J connectivity index is 1.42. The Hall–Kier alpha value is -0.120. The van der Waals surface area contributed by atoms with Crippen LogP contribution in [0.15, 0.2) is 0 Å². The zero-order valence-electron chi connectivity index (χ0n) is 13.4. The van der Waals surface area contributed by atoms with Gasteiger partial charge in [-0.2, -0.15) is 0 Å². The molecular weight excluding hydrogens is 246 g/mol. The van der Waals surface area contributed by atoms with Crippen molar-refractivity contribution in [2.75, 3.05) is 46.3 Å². The number of hydrogen-bond acceptors (Lipinski definition) is 3. The van der Waals surface area contributed by atoms with E-state index < -0.39 is 0 Å². The third kappa shape index (κ3) is 4.19. The first-order valence-electron chi connectivity index (χ1n) is 8.90. The Kier molecular flexibility index (Phi) is 5.00. The summed E-state index contributed by atoms with van der Waals surface area (Å²) in [6.07, 6.45) is 11.5. The summed E-state index contributed by atoms with van der Waals surface area (Å²) < 4.78 is 0. The molecule has 0 bridgehead atoms. The largest absolute Gasteiger partial charge is 0.313 e. The number of likely N-dealkylation sites (N-methyl/N-ethyl adjacent to an activating group) is 1. The van der Waals surface area contributed by atoms with Crippen LogP contribution in [0.4, 0.5) is 0 Å². The van der Waals surface area contributed by atoms with Crippen LogP contribution in [0.5, 0.6) is 0 Å². The fourth-order valence-electron chi connectivity index (χ4n) is 4.13. The number of likely N-dealkylation sites (tertiary alicyclic amines) is 1. The van der Waals surface area contributed by atoms with Gasteiger partial charge in [0.15, 0.2) is 0 Å². The van der Waals surface area contributed by atoms with Crippen molar-refractivity contribution in [1.29, 1.82) is 0 Å². The normalized spacial score (nSPS) is 26.7. The van der Waals surface area contributed by atoms with Gasteiger partial charge in [-0.15, -0.1) is 0 Å². The summed E-state index contributed by atoms with van der Waals surface area (Å²) in [6, 6.07) is 0.863. The van der Waals surface area contributed by atoms with E-state index >= 15 is 0 Å². The average Bonchev–Trinajstić information content (AvgIpc) is 2.93. The molecule has 0 atom stereocenters. The lowest BCUT2D eigenvalue weighted by molar-refractivity contribution is 0.158. The van der Waals surface area contributed by atoms with Crippen LogP contribution in [0, 0.1) is 5.41 Å². The van der Waals surface area contributed by atoms with E-state index in [4.69, 9.17) is 0 Å². The molecule has 0 aromatic rings. The maximum atomic E-state index is 3.80. The fraction of sp³-hybridized carbons (Fsp3) is 1.00. The summed E-state index contributed by atoms with van der Waals surface area (Å²) in [5.74, 6) is 0. The van der Waals surface area contributed by atoms with Gasteiger partial charge in [0.25, 0.3) is 0 Å². The van der Waals surface area contributed by atoms with Crippen molar-refractivity contribution < 1.29 is 0 Å². The standard InChI is InChI=1S/C17H33N3/c1-19(12-13-20-10-4-5-11-20)15-17(8-2-3-9-17)14-18-16-6-7-16/h16,18H,2-15H2,1H3. The van der Waals surface area contributed by atoms with Gasteiger partial charge < -0.3 is 15.1 Å². The van der Waals surface area contributed by atoms with E-state index in [1.54, 1.807) is 0 Å². The highest BCUT2D eigenvalue weighted by Gasteiger charge is 2.36. The second-order valence-corrected chi connectivity index (χ2v) is 7.65. The predicted molar refractivity (Wildman–Crippen MR) is 85.1 cm³/mol. The van der Waals surface area contributed by atoms with Gasteiger partial charge in [-0.3, -0.25) is 0 Å². The van der Waals surface area contributed by atoms with Crippen molar-refractivity contribution in [2.45, 2.75) is 57.4 Å². The van der Waals surface area contributed by atoms with Crippen molar-refractivity contribution in [3.8, 4) is 0 Å². The fourth-order valence-corrected chi connectivity index (χ4v) is 4.13. The van der Waals surface area contributed by atoms with Gasteiger partial charge >= 0.3 is 0 Å². The van der Waals surface area contributed by atoms with Gasteiger partial charge in [-0.25, -0.2) is 0 Å². The molecule has 116 valence electrons. The highest BCUT2D eigenvalue weighted by Crippen LogP contribution is 2.38. The van der Waals surface area contributed by atoms with E-state index in [1.807, 2.05) is 0 Å². The average molecular weight is 279 g/mol. The first-order chi connectivity index (χ1) is 9.76. The molecule has 0 aromatic carbocycles. The summed E-state index contributed by atoms with van der Waals surface area (Å²) in [4.78, 5) is 5.25. The van der Waals surface area contributed by atoms with Gasteiger partial charge in [-0.05, 0) is 64.1 Å². The lowest BCUT2D eigenvalue weighted by Crippen LogP contribution is -2.43. The third-order valence-electron chi connectivity index (χ3n) is 5.61. The molecule has 0 radical (unpaired) electrons. The first-order valence-corrected chi connectivity index (χ1v) is 8.90. The molecule has 3 rings (SSSR count). The Bertz CT molecular complexity index is 289. The Morgan fingerprint density at radius 1 is 1.10 bits per heavy atom. The molecule has 20 heavy (non-hydrogen) atoms. The molecule has 1 saturated heterocycles. The lowest BCUT2D eigenvalue weighted by atomic mass is 9.85. The molecular formula is C17H33N3. The molecule has 2 saturated carbocycles. The Morgan fingerprint density at radius 3 is 2.45 bits per heavy atom. The van der Waals surface area contributed by atoms with Crippen molar-refractivity contribution in [2.24, 2.45) is 5.41 Å². The van der Waals surface area contributed by atoms with E-state index in [0.717, 1.165) is 6.04 Å². The predicted octanol–water partition coefficient (Wildman–Crippen LogP) is 2.33. The van der Waals surface area contributed by atoms with Gasteiger partial charge in [-0.1, -0.05) is 12.8 Å². The quantitative estimate of drug-likeness (QED) is 0.736. The molecule has 3 aliphatic rings. The van der Waals surface area contributed by atoms with Crippen molar-refractivity contribution in [1.82, 2.24) is 15.1 Å². The minimum Gasteiger partial charge on any atom is -0.313 e. The van der Waals surface area contributed by atoms with Crippen LogP contribution < -0.4 is 5.32 Å². The van der Waals surface area contributed by atoms with Crippen LogP contribution in [-0.2, 0) is 0 Å². The second kappa shape index (κ2) is 6.76. The summed E-state index contributed by atoms with van der Waals surface area (Å²) in [5.41, 5.74) is 0.586. The molecule has 1 aliphatic heterocycles. The van der Waals surface area contributed by atoms with E-state index in [1.165, 1.54) is 90.6 Å². The summed E-state index contributed by atoms with van der Waals surface area (Å²) >= 11 is 0. The molecule has 1 heterocycles. The Labute approximate surface area is 125 Å². The zero-order valence-corrected chi connectivity index (χ0v) is 13.4. The van der Waals surface area contributed by atoms with Crippen LogP contribution >= 0.6 is 0 Å². The number of nitrogens with one attached hydrogen (secondary N) is 1. The molecule has 2 aliphatic carbocycles. The van der Waals surface area contributed by atoms with Crippen LogP contribution in [0.25, 0.3) is 0 Å². The van der Waals surface area contributed by atoms with Crippen molar-refractivity contribution in [3.63, 3.8) is 0 Å². The summed E-state index contributed by atoms with van der Waals surface area (Å²) in [7, 11) is 2.34. The van der Waals surface area contributed by atoms with Crippen molar-refractivity contribution >= 4 is 0 Å². The molecule has 3 fully saturated rings. The van der Waals surface area contributed by atoms with E-state index in [2.05, 4.69) is 22.2 Å². The lowest BCUT2D eigenvalue weighted by Gasteiger charge is -2.34. The molecule has 3 nitrogen and oxygen atoms in total. The van der Waals surface area contributed by atoms with Crippen LogP contribution in [0.3, 0.4) is 0 Å². The van der Waals surface area contributed by atoms with Gasteiger partial charge in [0.2, 0.25) is 0 Å². The van der Waals surface area contributed by atoms with Crippen molar-refractivity contribution in [3.05, 3.63) is 0 Å². The highest BCUT2D eigenvalue weighted by molar-refractivity contribution is 4.92. The molecule has 0 unspecified atom stereocenters. The minimum absolute atomic E-state index is 0.586. The third-order valence-corrected chi connectivity index (χ3v) is 5.61. The summed E-state index contributed by atoms with van der Waals surface area (Å²) in [5, 5.41) is 3.80. The first kappa shape index (κ1) is 14.8. The van der Waals surface area contributed by atoms with Gasteiger partial charge in [0.05, 0.1) is 0 Å². The van der Waals surface area contributed by atoms with Crippen LogP contribution in [0.2, 0.25) is 0 Å². The second-order valence-electron chi connectivity index (χ2n) is 7.65. The number of rotatable bonds is 8. The molecule has 3 heteroatoms. The monoisotopic (exact) mass is 279 g/mol. The topological polar surface area (TPSA) is 18.5 Å². The summed E-state index contributed by atoms with van der Waals surface area (Å²) in [6.45, 7) is 7.78. The van der Waals surface area contributed by atoms with E-state index in [-0.39, 0.29) is 0 Å². The Morgan fingerprint density at radius 2 is 1.80 bits per heavy atom. The minimum atomic E-state index is 0.586. The van der Waals surface area contributed by atoms with Gasteiger partial charge in [0, 0.05) is 32.2 Å². The number of hydrogen-bond donors (Lipinski definition) is 1.